The average molecular weight is 319 g/mol. The van der Waals surface area contributed by atoms with Crippen LogP contribution in [0.1, 0.15) is 92.4 Å². The first-order chi connectivity index (χ1) is 10.9. The Kier molecular flexibility index (Phi) is 4.71. The molecule has 7 atom stereocenters. The fourth-order valence-corrected chi connectivity index (χ4v) is 7.38. The molecule has 0 aromatic heterocycles. The van der Waals surface area contributed by atoms with Crippen LogP contribution in [0.2, 0.25) is 0 Å². The molecule has 23 heavy (non-hydrogen) atoms. The predicted octanol–water partition coefficient (Wildman–Crippen LogP) is 6.26. The Morgan fingerprint density at radius 1 is 0.870 bits per heavy atom. The molecule has 0 amide bonds. The van der Waals surface area contributed by atoms with Gasteiger partial charge in [-0.3, -0.25) is 4.79 Å². The van der Waals surface area contributed by atoms with E-state index in [-0.39, 0.29) is 5.41 Å². The van der Waals surface area contributed by atoms with E-state index < -0.39 is 0 Å². The molecule has 0 aliphatic heterocycles. The molecule has 0 spiro atoms. The molecule has 7 unspecified atom stereocenters. The van der Waals surface area contributed by atoms with E-state index >= 15 is 0 Å². The van der Waals surface area contributed by atoms with Crippen molar-refractivity contribution in [1.29, 1.82) is 0 Å². The van der Waals surface area contributed by atoms with Crippen molar-refractivity contribution in [2.75, 3.05) is 0 Å². The second kappa shape index (κ2) is 6.19. The monoisotopic (exact) mass is 318 g/mol. The maximum absolute atomic E-state index is 12.4. The molecule has 132 valence electrons. The molecule has 4 fully saturated rings. The quantitative estimate of drug-likeness (QED) is 0.515. The summed E-state index contributed by atoms with van der Waals surface area (Å²) >= 11 is 0. The van der Waals surface area contributed by atoms with Gasteiger partial charge >= 0.3 is 0 Å². The number of rotatable bonds is 0. The van der Waals surface area contributed by atoms with E-state index in [2.05, 4.69) is 20.8 Å². The van der Waals surface area contributed by atoms with Crippen molar-refractivity contribution in [2.45, 2.75) is 92.4 Å². The molecule has 4 saturated carbocycles. The zero-order valence-corrected chi connectivity index (χ0v) is 16.2. The molecule has 0 aromatic carbocycles. The summed E-state index contributed by atoms with van der Waals surface area (Å²) in [6.07, 6.45) is 11.8. The Morgan fingerprint density at radius 3 is 2.26 bits per heavy atom. The summed E-state index contributed by atoms with van der Waals surface area (Å²) in [7, 11) is 0. The van der Waals surface area contributed by atoms with Crippen LogP contribution in [0.25, 0.3) is 0 Å². The lowest BCUT2D eigenvalue weighted by Crippen LogP contribution is -2.51. The van der Waals surface area contributed by atoms with Gasteiger partial charge in [0.1, 0.15) is 5.78 Å². The van der Waals surface area contributed by atoms with Gasteiger partial charge in [-0.1, -0.05) is 41.0 Å². The molecule has 1 heteroatoms. The molecule has 0 bridgehead atoms. The van der Waals surface area contributed by atoms with Crippen LogP contribution in [0.15, 0.2) is 0 Å². The van der Waals surface area contributed by atoms with Crippen LogP contribution in [0, 0.1) is 40.4 Å². The Hall–Kier alpha value is -0.330. The van der Waals surface area contributed by atoms with E-state index in [9.17, 15) is 4.79 Å². The zero-order chi connectivity index (χ0) is 16.8. The Labute approximate surface area is 144 Å². The van der Waals surface area contributed by atoms with Crippen LogP contribution in [0.4, 0.5) is 0 Å². The molecule has 4 aliphatic carbocycles. The van der Waals surface area contributed by atoms with Crippen molar-refractivity contribution in [2.24, 2.45) is 40.4 Å². The van der Waals surface area contributed by atoms with Crippen molar-refractivity contribution in [3.63, 3.8) is 0 Å². The fourth-order valence-electron chi connectivity index (χ4n) is 7.38. The van der Waals surface area contributed by atoms with Crippen LogP contribution in [0.3, 0.4) is 0 Å². The van der Waals surface area contributed by atoms with Crippen LogP contribution in [0.5, 0.6) is 0 Å². The van der Waals surface area contributed by atoms with Crippen molar-refractivity contribution in [3.8, 4) is 0 Å². The third-order valence-corrected chi connectivity index (χ3v) is 8.45. The maximum atomic E-state index is 12.4. The standard InChI is InChI=1S/C20H32O.C2H6/c1-13-4-5-16-14-9-11-20(3)17(6-7-18(20)21)15(14)8-10-19(16,2)12-13;1-2/h13-17H,4-12H2,1-3H3;1-2H3. The minimum absolute atomic E-state index is 0.0663. The molecule has 0 N–H and O–H groups in total. The summed E-state index contributed by atoms with van der Waals surface area (Å²) in [4.78, 5) is 12.4. The molecule has 4 aliphatic rings. The molecule has 0 saturated heterocycles. The molecule has 0 heterocycles. The van der Waals surface area contributed by atoms with Gasteiger partial charge in [0, 0.05) is 11.8 Å². The third kappa shape index (κ3) is 2.61. The summed E-state index contributed by atoms with van der Waals surface area (Å²) in [6, 6.07) is 0. The average Bonchev–Trinajstić information content (AvgIpc) is 2.84. The van der Waals surface area contributed by atoms with E-state index in [1.54, 1.807) is 0 Å². The van der Waals surface area contributed by atoms with Crippen LogP contribution in [-0.2, 0) is 4.79 Å². The fraction of sp³-hybridized carbons (Fsp3) is 0.955. The van der Waals surface area contributed by atoms with E-state index in [0.717, 1.165) is 36.0 Å². The lowest BCUT2D eigenvalue weighted by molar-refractivity contribution is -0.136. The minimum atomic E-state index is 0.0663. The van der Waals surface area contributed by atoms with Crippen molar-refractivity contribution >= 4 is 5.78 Å². The third-order valence-electron chi connectivity index (χ3n) is 8.45. The SMILES string of the molecule is CC.CC1CCC2C3CCC4(C)C(=O)CCC4C3CCC2(C)C1. The van der Waals surface area contributed by atoms with Gasteiger partial charge < -0.3 is 0 Å². The highest BCUT2D eigenvalue weighted by Crippen LogP contribution is 2.64. The van der Waals surface area contributed by atoms with Gasteiger partial charge in [0.05, 0.1) is 0 Å². The van der Waals surface area contributed by atoms with Crippen LogP contribution >= 0.6 is 0 Å². The van der Waals surface area contributed by atoms with E-state index in [1.807, 2.05) is 13.8 Å². The zero-order valence-electron chi connectivity index (χ0n) is 16.2. The molecule has 0 radical (unpaired) electrons. The summed E-state index contributed by atoms with van der Waals surface area (Å²) < 4.78 is 0. The highest BCUT2D eigenvalue weighted by atomic mass is 16.1. The predicted molar refractivity (Wildman–Crippen MR) is 97.2 cm³/mol. The van der Waals surface area contributed by atoms with E-state index in [4.69, 9.17) is 0 Å². The largest absolute Gasteiger partial charge is 0.299 e. The number of hydrogen-bond donors (Lipinski definition) is 0. The smallest absolute Gasteiger partial charge is 0.139 e. The van der Waals surface area contributed by atoms with Gasteiger partial charge in [0.15, 0.2) is 0 Å². The van der Waals surface area contributed by atoms with Crippen molar-refractivity contribution in [3.05, 3.63) is 0 Å². The summed E-state index contributed by atoms with van der Waals surface area (Å²) in [5.41, 5.74) is 0.687. The van der Waals surface area contributed by atoms with Crippen LogP contribution < -0.4 is 0 Å². The highest BCUT2D eigenvalue weighted by molar-refractivity contribution is 5.87. The number of hydrogen-bond acceptors (Lipinski definition) is 1. The normalized spacial score (nSPS) is 51.9. The minimum Gasteiger partial charge on any atom is -0.299 e. The van der Waals surface area contributed by atoms with Gasteiger partial charge in [0.2, 0.25) is 0 Å². The molecule has 0 aromatic rings. The topological polar surface area (TPSA) is 17.1 Å². The number of carbonyl (C=O) groups is 1. The van der Waals surface area contributed by atoms with E-state index in [0.29, 0.717) is 11.2 Å². The summed E-state index contributed by atoms with van der Waals surface area (Å²) in [5, 5.41) is 0. The first-order valence-corrected chi connectivity index (χ1v) is 10.5. The molecule has 1 nitrogen and oxygen atoms in total. The second-order valence-electron chi connectivity index (χ2n) is 9.54. The first-order valence-electron chi connectivity index (χ1n) is 10.5. The Balaban J connectivity index is 0.000000753. The lowest BCUT2D eigenvalue weighted by Gasteiger charge is -2.59. The van der Waals surface area contributed by atoms with Crippen molar-refractivity contribution < 1.29 is 4.79 Å². The molecule has 4 rings (SSSR count). The summed E-state index contributed by atoms with van der Waals surface area (Å²) in [6.45, 7) is 11.4. The number of Topliss-reactive ketones (excluding diaryl/α,β-unsaturated/α-hetero) is 1. The lowest BCUT2D eigenvalue weighted by atomic mass is 9.46. The maximum Gasteiger partial charge on any atom is 0.139 e. The first kappa shape index (κ1) is 17.5. The van der Waals surface area contributed by atoms with Gasteiger partial charge in [-0.25, -0.2) is 0 Å². The number of ketones is 1. The van der Waals surface area contributed by atoms with Gasteiger partial charge in [-0.15, -0.1) is 0 Å². The summed E-state index contributed by atoms with van der Waals surface area (Å²) in [5.74, 6) is 5.04. The highest BCUT2D eigenvalue weighted by Gasteiger charge is 2.58. The van der Waals surface area contributed by atoms with Crippen LogP contribution in [-0.4, -0.2) is 5.78 Å². The van der Waals surface area contributed by atoms with Gasteiger partial charge in [0.25, 0.3) is 0 Å². The Morgan fingerprint density at radius 2 is 1.52 bits per heavy atom. The second-order valence-corrected chi connectivity index (χ2v) is 9.54. The van der Waals surface area contributed by atoms with Gasteiger partial charge in [-0.2, -0.15) is 0 Å². The van der Waals surface area contributed by atoms with Crippen molar-refractivity contribution in [1.82, 2.24) is 0 Å². The molecular formula is C22H38O. The van der Waals surface area contributed by atoms with E-state index in [1.165, 1.54) is 51.4 Å². The van der Waals surface area contributed by atoms with Gasteiger partial charge in [-0.05, 0) is 80.0 Å². The number of fused-ring (bicyclic) bond motifs is 5. The number of carbonyl (C=O) groups excluding carboxylic acids is 1. The Bertz CT molecular complexity index is 455. The molecular weight excluding hydrogens is 280 g/mol.